The van der Waals surface area contributed by atoms with Crippen molar-refractivity contribution in [1.82, 2.24) is 0 Å². The maximum atomic E-state index is 14.7. The van der Waals surface area contributed by atoms with Crippen molar-refractivity contribution in [3.05, 3.63) is 82.9 Å². The van der Waals surface area contributed by atoms with E-state index in [1.165, 1.54) is 36.4 Å². The van der Waals surface area contributed by atoms with Gasteiger partial charge in [0.2, 0.25) is 0 Å². The smallest absolute Gasteiger partial charge is 0.167 e. The van der Waals surface area contributed by atoms with Gasteiger partial charge in [-0.3, -0.25) is 0 Å². The SMILES string of the molecule is OCc1c(F)c(F)c2ccccc2c1-c1c(CO)c(F)c(F)c2ccccc12. The molecule has 0 aliphatic carbocycles. The van der Waals surface area contributed by atoms with E-state index in [-0.39, 0.29) is 43.8 Å². The normalized spacial score (nSPS) is 11.5. The van der Waals surface area contributed by atoms with Crippen LogP contribution in [0, 0.1) is 23.3 Å². The monoisotopic (exact) mass is 386 g/mol. The van der Waals surface area contributed by atoms with Crippen LogP contribution in [-0.4, -0.2) is 10.2 Å². The summed E-state index contributed by atoms with van der Waals surface area (Å²) >= 11 is 0. The van der Waals surface area contributed by atoms with E-state index in [1.807, 2.05) is 0 Å². The lowest BCUT2D eigenvalue weighted by Gasteiger charge is -2.20. The Morgan fingerprint density at radius 2 is 0.821 bits per heavy atom. The second kappa shape index (κ2) is 6.89. The lowest BCUT2D eigenvalue weighted by Crippen LogP contribution is -2.06. The van der Waals surface area contributed by atoms with Gasteiger partial charge in [0.05, 0.1) is 13.2 Å². The molecule has 28 heavy (non-hydrogen) atoms. The van der Waals surface area contributed by atoms with Gasteiger partial charge in [-0.05, 0) is 21.9 Å². The molecule has 4 rings (SSSR count). The molecule has 0 amide bonds. The van der Waals surface area contributed by atoms with Crippen molar-refractivity contribution in [2.45, 2.75) is 13.2 Å². The predicted octanol–water partition coefficient (Wildman–Crippen LogP) is 5.20. The van der Waals surface area contributed by atoms with E-state index < -0.39 is 36.5 Å². The molecule has 0 fully saturated rings. The summed E-state index contributed by atoms with van der Waals surface area (Å²) in [6.45, 7) is -1.72. The summed E-state index contributed by atoms with van der Waals surface area (Å²) < 4.78 is 58.5. The molecule has 0 bridgehead atoms. The van der Waals surface area contributed by atoms with Gasteiger partial charge in [0.25, 0.3) is 0 Å². The molecule has 6 heteroatoms. The molecule has 0 aromatic heterocycles. The Bertz CT molecular complexity index is 1140. The van der Waals surface area contributed by atoms with E-state index in [2.05, 4.69) is 0 Å². The molecule has 142 valence electrons. The molecule has 0 atom stereocenters. The topological polar surface area (TPSA) is 40.5 Å². The van der Waals surface area contributed by atoms with Gasteiger partial charge in [-0.2, -0.15) is 0 Å². The molecule has 0 heterocycles. The van der Waals surface area contributed by atoms with Crippen LogP contribution in [0.4, 0.5) is 17.6 Å². The molecule has 4 aromatic carbocycles. The van der Waals surface area contributed by atoms with Gasteiger partial charge in [-0.25, -0.2) is 17.6 Å². The third-order valence-electron chi connectivity index (χ3n) is 4.95. The number of rotatable bonds is 3. The summed E-state index contributed by atoms with van der Waals surface area (Å²) in [5.41, 5.74) is -0.726. The predicted molar refractivity (Wildman–Crippen MR) is 98.6 cm³/mol. The third-order valence-corrected chi connectivity index (χ3v) is 4.95. The number of fused-ring (bicyclic) bond motifs is 2. The minimum atomic E-state index is -1.27. The second-order valence-electron chi connectivity index (χ2n) is 6.37. The van der Waals surface area contributed by atoms with Crippen LogP contribution in [0.25, 0.3) is 32.7 Å². The summed E-state index contributed by atoms with van der Waals surface area (Å²) in [5.74, 6) is -4.82. The number of benzene rings is 4. The fourth-order valence-corrected chi connectivity index (χ4v) is 3.70. The molecule has 0 aliphatic rings. The van der Waals surface area contributed by atoms with Crippen molar-refractivity contribution in [2.75, 3.05) is 0 Å². The first-order valence-corrected chi connectivity index (χ1v) is 8.50. The highest BCUT2D eigenvalue weighted by molar-refractivity contribution is 6.08. The van der Waals surface area contributed by atoms with Crippen LogP contribution in [0.1, 0.15) is 11.1 Å². The maximum absolute atomic E-state index is 14.7. The van der Waals surface area contributed by atoms with Crippen LogP contribution in [0.2, 0.25) is 0 Å². The first-order chi connectivity index (χ1) is 13.5. The van der Waals surface area contributed by atoms with Gasteiger partial charge in [0, 0.05) is 21.9 Å². The average Bonchev–Trinajstić information content (AvgIpc) is 2.73. The van der Waals surface area contributed by atoms with Crippen molar-refractivity contribution in [3.8, 4) is 11.1 Å². The minimum absolute atomic E-state index is 0.0242. The summed E-state index contributed by atoms with van der Waals surface area (Å²) in [5, 5.41) is 19.8. The molecule has 2 N–H and O–H groups in total. The Balaban J connectivity index is 2.32. The quantitative estimate of drug-likeness (QED) is 0.475. The number of aliphatic hydroxyl groups excluding tert-OH is 2. The van der Waals surface area contributed by atoms with Crippen LogP contribution >= 0.6 is 0 Å². The molecular weight excluding hydrogens is 372 g/mol. The zero-order valence-corrected chi connectivity index (χ0v) is 14.4. The van der Waals surface area contributed by atoms with E-state index in [4.69, 9.17) is 0 Å². The first-order valence-electron chi connectivity index (χ1n) is 8.50. The molecule has 4 aromatic rings. The number of hydrogen-bond acceptors (Lipinski definition) is 2. The van der Waals surface area contributed by atoms with Crippen LogP contribution in [-0.2, 0) is 13.2 Å². The first kappa shape index (κ1) is 18.4. The summed E-state index contributed by atoms with van der Waals surface area (Å²) in [4.78, 5) is 0. The second-order valence-corrected chi connectivity index (χ2v) is 6.37. The Hall–Kier alpha value is -2.96. The molecule has 0 radical (unpaired) electrons. The Morgan fingerprint density at radius 1 is 0.500 bits per heavy atom. The van der Waals surface area contributed by atoms with Gasteiger partial charge in [0.1, 0.15) is 0 Å². The van der Waals surface area contributed by atoms with Crippen molar-refractivity contribution in [3.63, 3.8) is 0 Å². The van der Waals surface area contributed by atoms with E-state index >= 15 is 0 Å². The van der Waals surface area contributed by atoms with Gasteiger partial charge >= 0.3 is 0 Å². The third kappa shape index (κ3) is 2.49. The zero-order valence-electron chi connectivity index (χ0n) is 14.4. The molecule has 0 spiro atoms. The molecule has 0 aliphatic heterocycles. The van der Waals surface area contributed by atoms with E-state index in [9.17, 15) is 27.8 Å². The summed E-state index contributed by atoms with van der Waals surface area (Å²) in [6.07, 6.45) is 0. The Morgan fingerprint density at radius 3 is 1.14 bits per heavy atom. The van der Waals surface area contributed by atoms with Gasteiger partial charge < -0.3 is 10.2 Å². The van der Waals surface area contributed by atoms with Gasteiger partial charge in [-0.15, -0.1) is 0 Å². The number of aliphatic hydroxyl groups is 2. The highest BCUT2D eigenvalue weighted by Gasteiger charge is 2.26. The Labute approximate surface area is 157 Å². The lowest BCUT2D eigenvalue weighted by atomic mass is 9.86. The van der Waals surface area contributed by atoms with Crippen molar-refractivity contribution >= 4 is 21.5 Å². The number of hydrogen-bond donors (Lipinski definition) is 2. The highest BCUT2D eigenvalue weighted by Crippen LogP contribution is 2.43. The maximum Gasteiger partial charge on any atom is 0.167 e. The van der Waals surface area contributed by atoms with Crippen molar-refractivity contribution < 1.29 is 27.8 Å². The van der Waals surface area contributed by atoms with Crippen LogP contribution in [0.15, 0.2) is 48.5 Å². The highest BCUT2D eigenvalue weighted by atomic mass is 19.2. The molecule has 0 saturated heterocycles. The Kier molecular flexibility index (Phi) is 4.53. The van der Waals surface area contributed by atoms with Gasteiger partial charge in [-0.1, -0.05) is 48.5 Å². The van der Waals surface area contributed by atoms with Gasteiger partial charge in [0.15, 0.2) is 23.3 Å². The van der Waals surface area contributed by atoms with Crippen LogP contribution in [0.3, 0.4) is 0 Å². The van der Waals surface area contributed by atoms with E-state index in [0.717, 1.165) is 0 Å². The van der Waals surface area contributed by atoms with Crippen molar-refractivity contribution in [1.29, 1.82) is 0 Å². The minimum Gasteiger partial charge on any atom is -0.392 e. The number of halogens is 4. The fourth-order valence-electron chi connectivity index (χ4n) is 3.70. The molecule has 2 nitrogen and oxygen atoms in total. The van der Waals surface area contributed by atoms with E-state index in [1.54, 1.807) is 12.1 Å². The lowest BCUT2D eigenvalue weighted by molar-refractivity contribution is 0.272. The average molecular weight is 386 g/mol. The summed E-state index contributed by atoms with van der Waals surface area (Å²) in [6, 6.07) is 11.9. The standard InChI is InChI=1S/C22H14F4O2/c23-19-13-7-3-1-5-11(13)17(15(9-27)21(19)25)18-12-6-2-4-8-14(12)20(24)22(26)16(18)10-28/h1-8,27-28H,9-10H2. The molecule has 0 unspecified atom stereocenters. The molecule has 0 saturated carbocycles. The van der Waals surface area contributed by atoms with Crippen molar-refractivity contribution in [2.24, 2.45) is 0 Å². The summed E-state index contributed by atoms with van der Waals surface area (Å²) in [7, 11) is 0. The molecular formula is C22H14F4O2. The van der Waals surface area contributed by atoms with E-state index in [0.29, 0.717) is 0 Å². The fraction of sp³-hybridized carbons (Fsp3) is 0.0909. The largest absolute Gasteiger partial charge is 0.392 e. The van der Waals surface area contributed by atoms with Crippen LogP contribution in [0.5, 0.6) is 0 Å². The van der Waals surface area contributed by atoms with Crippen LogP contribution < -0.4 is 0 Å². The zero-order chi connectivity index (χ0) is 20.0.